The van der Waals surface area contributed by atoms with Gasteiger partial charge in [0.15, 0.2) is 0 Å². The Morgan fingerprint density at radius 3 is 2.40 bits per heavy atom. The van der Waals surface area contributed by atoms with Gasteiger partial charge in [-0.05, 0) is 52.4 Å². The van der Waals surface area contributed by atoms with Gasteiger partial charge in [0.05, 0.1) is 5.56 Å². The van der Waals surface area contributed by atoms with E-state index < -0.39 is 29.7 Å². The summed E-state index contributed by atoms with van der Waals surface area (Å²) in [7, 11) is 0. The minimum atomic E-state index is -4.58. The average Bonchev–Trinajstić information content (AvgIpc) is 2.55. The van der Waals surface area contributed by atoms with Crippen molar-refractivity contribution in [3.8, 4) is 0 Å². The SMILES string of the molecule is O=C(N[C@@H](Cc1ccccc1I)C(=O)O)c1cccc(C(F)(F)F)c1. The molecule has 0 radical (unpaired) electrons. The van der Waals surface area contributed by atoms with Crippen LogP contribution in [0.1, 0.15) is 21.5 Å². The van der Waals surface area contributed by atoms with Gasteiger partial charge >= 0.3 is 12.1 Å². The predicted molar refractivity (Wildman–Crippen MR) is 93.2 cm³/mol. The Bertz CT molecular complexity index is 793. The number of hydrogen-bond acceptors (Lipinski definition) is 2. The summed E-state index contributed by atoms with van der Waals surface area (Å²) in [4.78, 5) is 23.6. The van der Waals surface area contributed by atoms with Crippen LogP contribution >= 0.6 is 22.6 Å². The number of rotatable bonds is 5. The molecule has 8 heteroatoms. The molecule has 0 aliphatic heterocycles. The number of carbonyl (C=O) groups is 2. The van der Waals surface area contributed by atoms with Gasteiger partial charge in [-0.3, -0.25) is 4.79 Å². The van der Waals surface area contributed by atoms with Crippen LogP contribution in [0.15, 0.2) is 48.5 Å². The van der Waals surface area contributed by atoms with Crippen molar-refractivity contribution in [1.82, 2.24) is 5.32 Å². The topological polar surface area (TPSA) is 66.4 Å². The standard InChI is InChI=1S/C17H13F3INO3/c18-17(19,20)12-6-3-5-11(8-12)15(23)22-14(16(24)25)9-10-4-1-2-7-13(10)21/h1-8,14H,9H2,(H,22,23)(H,24,25)/t14-/m0/s1. The lowest BCUT2D eigenvalue weighted by atomic mass is 10.0. The zero-order valence-electron chi connectivity index (χ0n) is 12.7. The Hall–Kier alpha value is -2.10. The monoisotopic (exact) mass is 463 g/mol. The summed E-state index contributed by atoms with van der Waals surface area (Å²) < 4.78 is 39.0. The van der Waals surface area contributed by atoms with E-state index in [-0.39, 0.29) is 12.0 Å². The van der Waals surface area contributed by atoms with Gasteiger partial charge in [-0.2, -0.15) is 13.2 Å². The van der Waals surface area contributed by atoms with Gasteiger partial charge in [0.25, 0.3) is 5.91 Å². The van der Waals surface area contributed by atoms with Gasteiger partial charge in [-0.1, -0.05) is 24.3 Å². The number of aliphatic carboxylic acids is 1. The molecule has 0 heterocycles. The fourth-order valence-corrected chi connectivity index (χ4v) is 2.77. The lowest BCUT2D eigenvalue weighted by molar-refractivity contribution is -0.139. The van der Waals surface area contributed by atoms with Gasteiger partial charge in [0.1, 0.15) is 6.04 Å². The number of nitrogens with one attached hydrogen (secondary N) is 1. The summed E-state index contributed by atoms with van der Waals surface area (Å²) in [5.74, 6) is -2.13. The molecule has 0 unspecified atom stereocenters. The maximum atomic E-state index is 12.7. The van der Waals surface area contributed by atoms with Crippen molar-refractivity contribution < 1.29 is 27.9 Å². The smallest absolute Gasteiger partial charge is 0.416 e. The summed E-state index contributed by atoms with van der Waals surface area (Å²) in [6, 6.07) is 9.66. The highest BCUT2D eigenvalue weighted by Gasteiger charge is 2.31. The van der Waals surface area contributed by atoms with E-state index in [2.05, 4.69) is 5.32 Å². The highest BCUT2D eigenvalue weighted by atomic mass is 127. The Labute approximate surface area is 155 Å². The molecular weight excluding hydrogens is 450 g/mol. The van der Waals surface area contributed by atoms with Gasteiger partial charge in [-0.25, -0.2) is 4.79 Å². The molecule has 0 saturated carbocycles. The van der Waals surface area contributed by atoms with Crippen LogP contribution in [0.25, 0.3) is 0 Å². The van der Waals surface area contributed by atoms with Gasteiger partial charge in [0.2, 0.25) is 0 Å². The van der Waals surface area contributed by atoms with Crippen LogP contribution < -0.4 is 5.32 Å². The summed E-state index contributed by atoms with van der Waals surface area (Å²) >= 11 is 2.04. The molecule has 25 heavy (non-hydrogen) atoms. The molecule has 0 aromatic heterocycles. The molecule has 1 amide bonds. The molecule has 4 nitrogen and oxygen atoms in total. The summed E-state index contributed by atoms with van der Waals surface area (Å²) in [6.45, 7) is 0. The molecule has 0 saturated heterocycles. The van der Waals surface area contributed by atoms with Gasteiger partial charge in [0, 0.05) is 15.6 Å². The molecule has 0 aliphatic carbocycles. The number of carboxylic acid groups (broad SMARTS) is 1. The molecule has 0 bridgehead atoms. The van der Waals surface area contributed by atoms with Crippen molar-refractivity contribution in [2.24, 2.45) is 0 Å². The van der Waals surface area contributed by atoms with Gasteiger partial charge in [-0.15, -0.1) is 0 Å². The summed E-state index contributed by atoms with van der Waals surface area (Å²) in [6.07, 6.45) is -4.55. The molecule has 0 spiro atoms. The Balaban J connectivity index is 2.18. The first-order chi connectivity index (χ1) is 11.7. The van der Waals surface area contributed by atoms with Crippen LogP contribution in [0.3, 0.4) is 0 Å². The lowest BCUT2D eigenvalue weighted by Gasteiger charge is -2.16. The number of carbonyl (C=O) groups excluding carboxylic acids is 1. The lowest BCUT2D eigenvalue weighted by Crippen LogP contribution is -2.42. The highest BCUT2D eigenvalue weighted by Crippen LogP contribution is 2.29. The number of alkyl halides is 3. The van der Waals surface area contributed by atoms with Crippen molar-refractivity contribution in [1.29, 1.82) is 0 Å². The summed E-state index contributed by atoms with van der Waals surface area (Å²) in [5, 5.41) is 11.6. The molecule has 0 aliphatic rings. The average molecular weight is 463 g/mol. The van der Waals surface area contributed by atoms with Crippen LogP contribution in [0.4, 0.5) is 13.2 Å². The van der Waals surface area contributed by atoms with Crippen LogP contribution in [0.2, 0.25) is 0 Å². The van der Waals surface area contributed by atoms with Crippen molar-refractivity contribution in [3.05, 3.63) is 68.8 Å². The molecule has 2 aromatic rings. The normalized spacial score (nSPS) is 12.5. The van der Waals surface area contributed by atoms with E-state index in [1.165, 1.54) is 6.07 Å². The Kier molecular flexibility index (Phi) is 6.04. The van der Waals surface area contributed by atoms with Crippen molar-refractivity contribution >= 4 is 34.5 Å². The van der Waals surface area contributed by atoms with Crippen LogP contribution in [0, 0.1) is 3.57 Å². The van der Waals surface area contributed by atoms with Crippen molar-refractivity contribution in [3.63, 3.8) is 0 Å². The van der Waals surface area contributed by atoms with E-state index in [1.54, 1.807) is 24.3 Å². The number of benzene rings is 2. The molecule has 132 valence electrons. The van der Waals surface area contributed by atoms with E-state index in [9.17, 15) is 27.9 Å². The maximum absolute atomic E-state index is 12.7. The van der Waals surface area contributed by atoms with Crippen molar-refractivity contribution in [2.75, 3.05) is 0 Å². The van der Waals surface area contributed by atoms with Crippen LogP contribution in [-0.2, 0) is 17.4 Å². The second-order valence-corrected chi connectivity index (χ2v) is 6.40. The van der Waals surface area contributed by atoms with Crippen LogP contribution in [0.5, 0.6) is 0 Å². The fourth-order valence-electron chi connectivity index (χ4n) is 2.16. The molecule has 2 aromatic carbocycles. The third-order valence-electron chi connectivity index (χ3n) is 3.44. The number of hydrogen-bond donors (Lipinski definition) is 2. The maximum Gasteiger partial charge on any atom is 0.416 e. The quantitative estimate of drug-likeness (QED) is 0.665. The highest BCUT2D eigenvalue weighted by molar-refractivity contribution is 14.1. The minimum Gasteiger partial charge on any atom is -0.480 e. The van der Waals surface area contributed by atoms with E-state index in [0.29, 0.717) is 6.07 Å². The second kappa shape index (κ2) is 7.85. The third-order valence-corrected chi connectivity index (χ3v) is 4.49. The van der Waals surface area contributed by atoms with Crippen LogP contribution in [-0.4, -0.2) is 23.0 Å². The van der Waals surface area contributed by atoms with Gasteiger partial charge < -0.3 is 10.4 Å². The molecule has 2 rings (SSSR count). The van der Waals surface area contributed by atoms with E-state index in [4.69, 9.17) is 0 Å². The van der Waals surface area contributed by atoms with Crippen molar-refractivity contribution in [2.45, 2.75) is 18.6 Å². The third kappa shape index (κ3) is 5.18. The largest absolute Gasteiger partial charge is 0.480 e. The fraction of sp³-hybridized carbons (Fsp3) is 0.176. The number of halogens is 4. The summed E-state index contributed by atoms with van der Waals surface area (Å²) in [5.41, 5.74) is -0.492. The molecule has 1 atom stereocenters. The molecular formula is C17H13F3INO3. The zero-order chi connectivity index (χ0) is 18.6. The first-order valence-electron chi connectivity index (χ1n) is 7.13. The van der Waals surface area contributed by atoms with E-state index in [1.807, 2.05) is 22.6 Å². The van der Waals surface area contributed by atoms with E-state index in [0.717, 1.165) is 21.3 Å². The number of amides is 1. The second-order valence-electron chi connectivity index (χ2n) is 5.24. The molecule has 2 N–H and O–H groups in total. The minimum absolute atomic E-state index is 0.0269. The predicted octanol–water partition coefficient (Wildman–Crippen LogP) is 3.74. The first-order valence-corrected chi connectivity index (χ1v) is 8.20. The Morgan fingerprint density at radius 2 is 1.80 bits per heavy atom. The first kappa shape index (κ1) is 19.2. The Morgan fingerprint density at radius 1 is 1.12 bits per heavy atom. The molecule has 0 fully saturated rings. The zero-order valence-corrected chi connectivity index (χ0v) is 14.8. The number of carboxylic acids is 1. The van der Waals surface area contributed by atoms with E-state index >= 15 is 0 Å².